The van der Waals surface area contributed by atoms with Crippen molar-refractivity contribution in [3.63, 3.8) is 0 Å². The van der Waals surface area contributed by atoms with Crippen LogP contribution in [0.5, 0.6) is 0 Å². The predicted octanol–water partition coefficient (Wildman–Crippen LogP) is 4.07. The molecule has 0 radical (unpaired) electrons. The van der Waals surface area contributed by atoms with Gasteiger partial charge in [-0.25, -0.2) is 0 Å². The van der Waals surface area contributed by atoms with Crippen LogP contribution in [0.2, 0.25) is 0 Å². The zero-order valence-electron chi connectivity index (χ0n) is 13.0. The van der Waals surface area contributed by atoms with Gasteiger partial charge in [0.1, 0.15) is 0 Å². The molecule has 0 aromatic heterocycles. The first-order chi connectivity index (χ1) is 10.1. The summed E-state index contributed by atoms with van der Waals surface area (Å²) < 4.78 is 13.0. The summed E-state index contributed by atoms with van der Waals surface area (Å²) in [5, 5.41) is 3.47. The van der Waals surface area contributed by atoms with E-state index in [4.69, 9.17) is 9.47 Å². The fraction of sp³-hybridized carbons (Fsp3) is 0.647. The van der Waals surface area contributed by atoms with Crippen molar-refractivity contribution in [3.8, 4) is 0 Å². The lowest BCUT2D eigenvalue weighted by Crippen LogP contribution is -2.32. The number of nitrogens with one attached hydrogen (secondary N) is 1. The third-order valence-electron chi connectivity index (χ3n) is 3.69. The second kappa shape index (κ2) is 8.89. The summed E-state index contributed by atoms with van der Waals surface area (Å²) in [6.45, 7) is 6.68. The molecular weight excluding hydrogens is 330 g/mol. The molecule has 21 heavy (non-hydrogen) atoms. The molecular formula is C17H26BrNO2. The summed E-state index contributed by atoms with van der Waals surface area (Å²) >= 11 is 3.54. The topological polar surface area (TPSA) is 30.5 Å². The molecule has 1 fully saturated rings. The van der Waals surface area contributed by atoms with Gasteiger partial charge < -0.3 is 14.8 Å². The molecule has 2 unspecified atom stereocenters. The number of benzene rings is 1. The number of halogens is 1. The molecule has 1 aromatic rings. The molecule has 1 aliphatic rings. The molecule has 118 valence electrons. The van der Waals surface area contributed by atoms with Gasteiger partial charge in [-0.05, 0) is 37.0 Å². The van der Waals surface area contributed by atoms with Gasteiger partial charge in [-0.1, -0.05) is 41.9 Å². The molecule has 1 heterocycles. The quantitative estimate of drug-likeness (QED) is 0.799. The zero-order chi connectivity index (χ0) is 15.1. The molecule has 0 amide bonds. The van der Waals surface area contributed by atoms with Crippen LogP contribution in [0.3, 0.4) is 0 Å². The highest BCUT2D eigenvalue weighted by Crippen LogP contribution is 2.23. The van der Waals surface area contributed by atoms with E-state index in [0.717, 1.165) is 24.0 Å². The molecule has 4 heteroatoms. The van der Waals surface area contributed by atoms with Crippen LogP contribution in [-0.4, -0.2) is 31.9 Å². The minimum Gasteiger partial charge on any atom is -0.376 e. The molecule has 1 aliphatic heterocycles. The van der Waals surface area contributed by atoms with Crippen molar-refractivity contribution in [1.82, 2.24) is 5.32 Å². The lowest BCUT2D eigenvalue weighted by atomic mass is 10.1. The van der Waals surface area contributed by atoms with E-state index < -0.39 is 0 Å². The minimum absolute atomic E-state index is 0.0652. The van der Waals surface area contributed by atoms with Gasteiger partial charge in [0.15, 0.2) is 0 Å². The van der Waals surface area contributed by atoms with Crippen LogP contribution in [0, 0.1) is 0 Å². The van der Waals surface area contributed by atoms with Crippen molar-refractivity contribution in [2.75, 3.05) is 19.8 Å². The smallest absolute Gasteiger partial charge is 0.0951 e. The Labute approximate surface area is 136 Å². The second-order valence-corrected chi connectivity index (χ2v) is 6.84. The largest absolute Gasteiger partial charge is 0.376 e. The second-order valence-electron chi connectivity index (χ2n) is 5.93. The van der Waals surface area contributed by atoms with E-state index in [9.17, 15) is 0 Å². The molecule has 0 spiro atoms. The van der Waals surface area contributed by atoms with Crippen LogP contribution in [0.15, 0.2) is 28.7 Å². The van der Waals surface area contributed by atoms with Gasteiger partial charge in [0.2, 0.25) is 0 Å². The monoisotopic (exact) mass is 355 g/mol. The Morgan fingerprint density at radius 3 is 2.90 bits per heavy atom. The van der Waals surface area contributed by atoms with E-state index in [0.29, 0.717) is 12.6 Å². The normalized spacial score (nSPS) is 20.7. The Balaban J connectivity index is 1.94. The first-order valence-corrected chi connectivity index (χ1v) is 8.66. The summed E-state index contributed by atoms with van der Waals surface area (Å²) in [7, 11) is 0. The number of hydrogen-bond acceptors (Lipinski definition) is 3. The van der Waals surface area contributed by atoms with Gasteiger partial charge >= 0.3 is 0 Å². The maximum absolute atomic E-state index is 6.16. The highest BCUT2D eigenvalue weighted by atomic mass is 79.9. The zero-order valence-corrected chi connectivity index (χ0v) is 14.6. The molecule has 0 saturated carbocycles. The predicted molar refractivity (Wildman–Crippen MR) is 89.6 cm³/mol. The fourth-order valence-corrected chi connectivity index (χ4v) is 2.90. The summed E-state index contributed by atoms with van der Waals surface area (Å²) in [5.41, 5.74) is 1.20. The maximum atomic E-state index is 6.16. The van der Waals surface area contributed by atoms with E-state index in [2.05, 4.69) is 53.3 Å². The van der Waals surface area contributed by atoms with Crippen LogP contribution in [0.25, 0.3) is 0 Å². The van der Waals surface area contributed by atoms with E-state index in [1.807, 2.05) is 6.07 Å². The van der Waals surface area contributed by atoms with Crippen LogP contribution >= 0.6 is 15.9 Å². The van der Waals surface area contributed by atoms with E-state index in [1.165, 1.54) is 18.4 Å². The molecule has 1 N–H and O–H groups in total. The Bertz CT molecular complexity index is 419. The summed E-state index contributed by atoms with van der Waals surface area (Å²) in [4.78, 5) is 0. The average Bonchev–Trinajstić information content (AvgIpc) is 2.48. The van der Waals surface area contributed by atoms with E-state index >= 15 is 0 Å². The Hall–Kier alpha value is -0.420. The summed E-state index contributed by atoms with van der Waals surface area (Å²) in [6, 6.07) is 8.81. The fourth-order valence-electron chi connectivity index (χ4n) is 2.48. The Morgan fingerprint density at radius 2 is 2.24 bits per heavy atom. The van der Waals surface area contributed by atoms with Crippen LogP contribution in [0.4, 0.5) is 0 Å². The van der Waals surface area contributed by atoms with Gasteiger partial charge in [0.05, 0.1) is 18.8 Å². The van der Waals surface area contributed by atoms with Crippen molar-refractivity contribution in [3.05, 3.63) is 34.3 Å². The molecule has 2 rings (SSSR count). The van der Waals surface area contributed by atoms with Crippen LogP contribution in [0.1, 0.15) is 44.8 Å². The van der Waals surface area contributed by atoms with Gasteiger partial charge in [-0.2, -0.15) is 0 Å². The third kappa shape index (κ3) is 6.07. The summed E-state index contributed by atoms with van der Waals surface area (Å²) in [6.07, 6.45) is 3.87. The van der Waals surface area contributed by atoms with Crippen molar-refractivity contribution in [2.45, 2.75) is 51.4 Å². The molecule has 3 nitrogen and oxygen atoms in total. The molecule has 1 saturated heterocycles. The summed E-state index contributed by atoms with van der Waals surface area (Å²) in [5.74, 6) is 0. The van der Waals surface area contributed by atoms with Gasteiger partial charge in [0.25, 0.3) is 0 Å². The van der Waals surface area contributed by atoms with Gasteiger partial charge in [0, 0.05) is 23.7 Å². The SMILES string of the molecule is CC(C)NCC(OCC1CCCCO1)c1cccc(Br)c1. The lowest BCUT2D eigenvalue weighted by molar-refractivity contribution is -0.0636. The van der Waals surface area contributed by atoms with Gasteiger partial charge in [-0.3, -0.25) is 0 Å². The van der Waals surface area contributed by atoms with Crippen LogP contribution in [-0.2, 0) is 9.47 Å². The third-order valence-corrected chi connectivity index (χ3v) is 4.18. The first-order valence-electron chi connectivity index (χ1n) is 7.87. The molecule has 2 atom stereocenters. The maximum Gasteiger partial charge on any atom is 0.0951 e. The lowest BCUT2D eigenvalue weighted by Gasteiger charge is -2.26. The molecule has 1 aromatic carbocycles. The highest BCUT2D eigenvalue weighted by Gasteiger charge is 2.18. The molecule has 0 aliphatic carbocycles. The number of hydrogen-bond donors (Lipinski definition) is 1. The van der Waals surface area contributed by atoms with Crippen molar-refractivity contribution in [2.24, 2.45) is 0 Å². The standard InChI is InChI=1S/C17H26BrNO2/c1-13(2)19-11-17(14-6-5-7-15(18)10-14)21-12-16-8-3-4-9-20-16/h5-7,10,13,16-17,19H,3-4,8-9,11-12H2,1-2H3. The van der Waals surface area contributed by atoms with E-state index in [-0.39, 0.29) is 12.2 Å². The highest BCUT2D eigenvalue weighted by molar-refractivity contribution is 9.10. The van der Waals surface area contributed by atoms with Crippen LogP contribution < -0.4 is 5.32 Å². The van der Waals surface area contributed by atoms with Crippen molar-refractivity contribution >= 4 is 15.9 Å². The van der Waals surface area contributed by atoms with Gasteiger partial charge in [-0.15, -0.1) is 0 Å². The number of rotatable bonds is 7. The van der Waals surface area contributed by atoms with E-state index in [1.54, 1.807) is 0 Å². The average molecular weight is 356 g/mol. The minimum atomic E-state index is 0.0652. The Morgan fingerprint density at radius 1 is 1.38 bits per heavy atom. The Kier molecular flexibility index (Phi) is 7.17. The van der Waals surface area contributed by atoms with Crippen molar-refractivity contribution in [1.29, 1.82) is 0 Å². The molecule has 0 bridgehead atoms. The first kappa shape index (κ1) is 16.9. The van der Waals surface area contributed by atoms with Crippen molar-refractivity contribution < 1.29 is 9.47 Å². The number of ether oxygens (including phenoxy) is 2.